The van der Waals surface area contributed by atoms with Crippen LogP contribution in [0.25, 0.3) is 0 Å². The second-order valence-electron chi connectivity index (χ2n) is 4.22. The summed E-state index contributed by atoms with van der Waals surface area (Å²) in [7, 11) is 0. The molecule has 2 rings (SSSR count). The Morgan fingerprint density at radius 1 is 1.65 bits per heavy atom. The summed E-state index contributed by atoms with van der Waals surface area (Å²) in [5.41, 5.74) is 4.77. The fraction of sp³-hybridized carbons (Fsp3) is 0.556. The van der Waals surface area contributed by atoms with E-state index in [0.717, 1.165) is 0 Å². The van der Waals surface area contributed by atoms with Crippen molar-refractivity contribution >= 4 is 24.3 Å². The third-order valence-corrected chi connectivity index (χ3v) is 3.60. The Morgan fingerprint density at radius 2 is 2.35 bits per heavy atom. The third-order valence-electron chi connectivity index (χ3n) is 2.79. The highest BCUT2D eigenvalue weighted by molar-refractivity contribution is 8.06. The number of ether oxygens (including phenoxy) is 1. The Balaban J connectivity index is 2.20. The SMILES string of the molecule is Nc1ccn([C@H]2C[C@H](OP(O)(O)=S)[C@@H](CO)O2)c(=O)n1. The highest BCUT2D eigenvalue weighted by Crippen LogP contribution is 2.43. The van der Waals surface area contributed by atoms with Crippen LogP contribution in [0.15, 0.2) is 17.1 Å². The largest absolute Gasteiger partial charge is 0.394 e. The molecule has 0 amide bonds. The summed E-state index contributed by atoms with van der Waals surface area (Å²) in [4.78, 5) is 33.6. The highest BCUT2D eigenvalue weighted by Gasteiger charge is 2.39. The van der Waals surface area contributed by atoms with Gasteiger partial charge >= 0.3 is 12.4 Å². The Bertz CT molecular complexity index is 589. The third kappa shape index (κ3) is 3.61. The molecule has 1 aromatic heterocycles. The van der Waals surface area contributed by atoms with E-state index in [2.05, 4.69) is 16.8 Å². The average molecular weight is 323 g/mol. The van der Waals surface area contributed by atoms with Gasteiger partial charge in [0.05, 0.1) is 12.7 Å². The molecule has 2 heterocycles. The van der Waals surface area contributed by atoms with Crippen molar-refractivity contribution in [2.75, 3.05) is 12.3 Å². The molecule has 1 aliphatic heterocycles. The first-order valence-electron chi connectivity index (χ1n) is 5.65. The molecule has 1 fully saturated rings. The van der Waals surface area contributed by atoms with Gasteiger partial charge in [0.15, 0.2) is 0 Å². The van der Waals surface area contributed by atoms with E-state index in [9.17, 15) is 9.90 Å². The number of hydrogen-bond acceptors (Lipinski definition) is 7. The zero-order valence-electron chi connectivity index (χ0n) is 10.2. The molecule has 0 unspecified atom stereocenters. The molecule has 5 N–H and O–H groups in total. The van der Waals surface area contributed by atoms with Crippen LogP contribution in [0, 0.1) is 0 Å². The van der Waals surface area contributed by atoms with Gasteiger partial charge in [0, 0.05) is 12.6 Å². The molecule has 9 nitrogen and oxygen atoms in total. The number of rotatable bonds is 4. The average Bonchev–Trinajstić information content (AvgIpc) is 2.69. The predicted octanol–water partition coefficient (Wildman–Crippen LogP) is -1.30. The molecule has 0 radical (unpaired) electrons. The number of anilines is 1. The van der Waals surface area contributed by atoms with Crippen molar-refractivity contribution in [1.82, 2.24) is 9.55 Å². The van der Waals surface area contributed by atoms with Crippen LogP contribution >= 0.6 is 6.72 Å². The first-order valence-corrected chi connectivity index (χ1v) is 8.27. The van der Waals surface area contributed by atoms with Crippen LogP contribution in [0.2, 0.25) is 0 Å². The van der Waals surface area contributed by atoms with Gasteiger partial charge in [0.1, 0.15) is 18.1 Å². The Labute approximate surface area is 118 Å². The van der Waals surface area contributed by atoms with Crippen LogP contribution < -0.4 is 11.4 Å². The lowest BCUT2D eigenvalue weighted by molar-refractivity contribution is -0.0433. The molecule has 1 saturated heterocycles. The molecule has 1 aliphatic rings. The summed E-state index contributed by atoms with van der Waals surface area (Å²) in [6.45, 7) is -4.29. The van der Waals surface area contributed by atoms with E-state index >= 15 is 0 Å². The van der Waals surface area contributed by atoms with Crippen molar-refractivity contribution in [3.8, 4) is 0 Å². The van der Waals surface area contributed by atoms with Crippen molar-refractivity contribution < 1.29 is 24.2 Å². The van der Waals surface area contributed by atoms with Gasteiger partial charge in [-0.3, -0.25) is 4.57 Å². The van der Waals surface area contributed by atoms with Crippen LogP contribution in [0.3, 0.4) is 0 Å². The Morgan fingerprint density at radius 3 is 2.90 bits per heavy atom. The van der Waals surface area contributed by atoms with Gasteiger partial charge in [-0.15, -0.1) is 0 Å². The summed E-state index contributed by atoms with van der Waals surface area (Å²) in [6.07, 6.45) is -0.864. The first-order chi connectivity index (χ1) is 9.30. The van der Waals surface area contributed by atoms with Crippen LogP contribution in [0.5, 0.6) is 0 Å². The maximum atomic E-state index is 11.7. The van der Waals surface area contributed by atoms with E-state index in [1.165, 1.54) is 16.8 Å². The van der Waals surface area contributed by atoms with Crippen LogP contribution in [0.4, 0.5) is 5.82 Å². The number of hydrogen-bond donors (Lipinski definition) is 4. The van der Waals surface area contributed by atoms with Gasteiger partial charge in [-0.2, -0.15) is 4.98 Å². The van der Waals surface area contributed by atoms with E-state index in [0.29, 0.717) is 0 Å². The van der Waals surface area contributed by atoms with E-state index < -0.39 is 37.5 Å². The van der Waals surface area contributed by atoms with Crippen molar-refractivity contribution in [3.63, 3.8) is 0 Å². The quantitative estimate of drug-likeness (QED) is 0.498. The van der Waals surface area contributed by atoms with Crippen molar-refractivity contribution in [1.29, 1.82) is 0 Å². The second kappa shape index (κ2) is 5.86. The summed E-state index contributed by atoms with van der Waals surface area (Å²) in [5, 5.41) is 9.20. The summed E-state index contributed by atoms with van der Waals surface area (Å²) in [5.74, 6) is 0.0805. The van der Waals surface area contributed by atoms with E-state index in [-0.39, 0.29) is 12.2 Å². The smallest absolute Gasteiger partial charge is 0.351 e. The van der Waals surface area contributed by atoms with Crippen molar-refractivity contribution in [2.24, 2.45) is 0 Å². The molecule has 0 bridgehead atoms. The zero-order valence-corrected chi connectivity index (χ0v) is 11.9. The minimum absolute atomic E-state index is 0.0805. The van der Waals surface area contributed by atoms with Crippen molar-refractivity contribution in [3.05, 3.63) is 22.7 Å². The number of aliphatic hydroxyl groups excluding tert-OH is 1. The Hall–Kier alpha value is -0.870. The predicted molar refractivity (Wildman–Crippen MR) is 72.1 cm³/mol. The Kier molecular flexibility index (Phi) is 4.55. The molecule has 0 saturated carbocycles. The molecule has 20 heavy (non-hydrogen) atoms. The number of nitrogen functional groups attached to an aromatic ring is 1. The van der Waals surface area contributed by atoms with E-state index in [4.69, 9.17) is 24.8 Å². The normalized spacial score (nSPS) is 26.9. The van der Waals surface area contributed by atoms with Crippen molar-refractivity contribution in [2.45, 2.75) is 24.9 Å². The number of aromatic nitrogens is 2. The molecular weight excluding hydrogens is 309 g/mol. The minimum Gasteiger partial charge on any atom is -0.394 e. The molecule has 3 atom stereocenters. The summed E-state index contributed by atoms with van der Waals surface area (Å²) < 4.78 is 11.5. The number of nitrogens with two attached hydrogens (primary N) is 1. The summed E-state index contributed by atoms with van der Waals surface area (Å²) in [6, 6.07) is 1.43. The lowest BCUT2D eigenvalue weighted by Gasteiger charge is -2.18. The second-order valence-corrected chi connectivity index (χ2v) is 6.84. The highest BCUT2D eigenvalue weighted by atomic mass is 32.5. The lowest BCUT2D eigenvalue weighted by Crippen LogP contribution is -2.28. The maximum absolute atomic E-state index is 11.7. The van der Waals surface area contributed by atoms with Gasteiger partial charge in [0.25, 0.3) is 0 Å². The van der Waals surface area contributed by atoms with Gasteiger partial charge in [-0.05, 0) is 17.9 Å². The van der Waals surface area contributed by atoms with E-state index in [1.807, 2.05) is 0 Å². The molecule has 0 aliphatic carbocycles. The fourth-order valence-electron chi connectivity index (χ4n) is 1.97. The standard InChI is InChI=1S/C9H14N3O6PS/c10-7-1-2-12(9(14)11-7)8-3-5(6(4-13)17-8)18-19(15,16)20/h1-2,5-6,8,13H,3-4H2,(H2,10,11,14)(H2,15,16,20)/t5-,6+,8+/m0/s1. The van der Waals surface area contributed by atoms with Gasteiger partial charge < -0.3 is 29.9 Å². The molecule has 112 valence electrons. The molecule has 0 aromatic carbocycles. The van der Waals surface area contributed by atoms with E-state index in [1.54, 1.807) is 0 Å². The zero-order chi connectivity index (χ0) is 14.9. The van der Waals surface area contributed by atoms with Gasteiger partial charge in [0.2, 0.25) is 0 Å². The lowest BCUT2D eigenvalue weighted by atomic mass is 10.2. The summed E-state index contributed by atoms with van der Waals surface area (Å²) >= 11 is 4.39. The topological polar surface area (TPSA) is 140 Å². The fourth-order valence-corrected chi connectivity index (χ4v) is 2.87. The molecule has 0 spiro atoms. The monoisotopic (exact) mass is 323 g/mol. The molecular formula is C9H14N3O6PS. The minimum atomic E-state index is -3.88. The number of aliphatic hydroxyl groups is 1. The first kappa shape index (κ1) is 15.5. The maximum Gasteiger partial charge on any atom is 0.351 e. The van der Waals surface area contributed by atoms with Crippen LogP contribution in [-0.4, -0.2) is 43.3 Å². The van der Waals surface area contributed by atoms with Gasteiger partial charge in [-0.25, -0.2) is 4.79 Å². The number of nitrogens with zero attached hydrogens (tertiary/aromatic N) is 2. The van der Waals surface area contributed by atoms with Gasteiger partial charge in [-0.1, -0.05) is 0 Å². The van der Waals surface area contributed by atoms with Crippen LogP contribution in [0.1, 0.15) is 12.6 Å². The molecule has 11 heteroatoms. The van der Waals surface area contributed by atoms with Crippen LogP contribution in [-0.2, 0) is 21.1 Å². The molecule has 1 aromatic rings.